The van der Waals surface area contributed by atoms with Gasteiger partial charge in [0.05, 0.1) is 39.0 Å². The minimum Gasteiger partial charge on any atom is -0.493 e. The minimum absolute atomic E-state index is 0.152. The predicted octanol–water partition coefficient (Wildman–Crippen LogP) is 3.82. The van der Waals surface area contributed by atoms with Crippen molar-refractivity contribution in [2.24, 2.45) is 0 Å². The van der Waals surface area contributed by atoms with Crippen molar-refractivity contribution in [3.8, 4) is 11.5 Å². The maximum absolute atomic E-state index is 13.8. The molecule has 0 aliphatic carbocycles. The van der Waals surface area contributed by atoms with Crippen molar-refractivity contribution < 1.29 is 33.4 Å². The molecule has 9 nitrogen and oxygen atoms in total. The van der Waals surface area contributed by atoms with Crippen LogP contribution in [0.4, 0.5) is 5.69 Å². The highest BCUT2D eigenvalue weighted by molar-refractivity contribution is 6.23. The molecule has 0 aromatic heterocycles. The summed E-state index contributed by atoms with van der Waals surface area (Å²) in [5.41, 5.74) is 2.73. The Morgan fingerprint density at radius 2 is 1.62 bits per heavy atom. The van der Waals surface area contributed by atoms with Crippen LogP contribution in [0, 0.1) is 6.92 Å². The molecule has 3 aromatic carbocycles. The number of amides is 3. The second kappa shape index (κ2) is 11.8. The van der Waals surface area contributed by atoms with Crippen LogP contribution in [-0.2, 0) is 20.7 Å². The molecule has 1 saturated heterocycles. The fraction of sp³-hybridized carbons (Fsp3) is 0.267. The molecule has 0 radical (unpaired) electrons. The lowest BCUT2D eigenvalue weighted by Crippen LogP contribution is -2.46. The zero-order valence-electron chi connectivity index (χ0n) is 22.3. The van der Waals surface area contributed by atoms with Crippen LogP contribution < -0.4 is 14.4 Å². The molecule has 0 saturated carbocycles. The van der Waals surface area contributed by atoms with Crippen LogP contribution in [0.1, 0.15) is 38.3 Å². The van der Waals surface area contributed by atoms with Crippen molar-refractivity contribution in [1.29, 1.82) is 0 Å². The summed E-state index contributed by atoms with van der Waals surface area (Å²) in [5, 5.41) is 0. The Morgan fingerprint density at radius 3 is 2.26 bits per heavy atom. The average molecular weight is 531 g/mol. The Hall–Kier alpha value is -4.66. The van der Waals surface area contributed by atoms with Crippen molar-refractivity contribution in [3.05, 3.63) is 89.0 Å². The molecule has 9 heteroatoms. The fourth-order valence-electron chi connectivity index (χ4n) is 4.65. The maximum Gasteiger partial charge on any atom is 0.337 e. The first-order chi connectivity index (χ1) is 18.8. The van der Waals surface area contributed by atoms with E-state index in [4.69, 9.17) is 14.2 Å². The molecule has 4 rings (SSSR count). The maximum atomic E-state index is 13.8. The summed E-state index contributed by atoms with van der Waals surface area (Å²) >= 11 is 0. The van der Waals surface area contributed by atoms with Gasteiger partial charge in [-0.25, -0.2) is 9.69 Å². The first-order valence-corrected chi connectivity index (χ1v) is 12.4. The van der Waals surface area contributed by atoms with E-state index in [1.807, 2.05) is 31.2 Å². The summed E-state index contributed by atoms with van der Waals surface area (Å²) in [6, 6.07) is 17.7. The van der Waals surface area contributed by atoms with E-state index in [1.54, 1.807) is 32.4 Å². The van der Waals surface area contributed by atoms with E-state index in [-0.39, 0.29) is 18.9 Å². The van der Waals surface area contributed by atoms with Crippen molar-refractivity contribution in [2.75, 3.05) is 32.8 Å². The molecule has 1 heterocycles. The van der Waals surface area contributed by atoms with Crippen LogP contribution in [-0.4, -0.2) is 62.5 Å². The van der Waals surface area contributed by atoms with Crippen LogP contribution in [0.3, 0.4) is 0 Å². The smallest absolute Gasteiger partial charge is 0.337 e. The molecule has 1 aliphatic rings. The summed E-state index contributed by atoms with van der Waals surface area (Å²) in [6.45, 7) is 2.03. The van der Waals surface area contributed by atoms with Gasteiger partial charge in [0, 0.05) is 12.1 Å². The Kier molecular flexibility index (Phi) is 8.29. The summed E-state index contributed by atoms with van der Waals surface area (Å²) in [7, 11) is 4.37. The van der Waals surface area contributed by atoms with Gasteiger partial charge in [0.25, 0.3) is 11.8 Å². The number of esters is 1. The number of anilines is 1. The first-order valence-electron chi connectivity index (χ1n) is 12.4. The number of imide groups is 1. The summed E-state index contributed by atoms with van der Waals surface area (Å²) in [5.74, 6) is -0.643. The topological polar surface area (TPSA) is 102 Å². The average Bonchev–Trinajstić information content (AvgIpc) is 3.25. The van der Waals surface area contributed by atoms with E-state index in [0.717, 1.165) is 16.0 Å². The molecule has 0 bridgehead atoms. The lowest BCUT2D eigenvalue weighted by atomic mass is 10.0. The zero-order chi connectivity index (χ0) is 28.1. The van der Waals surface area contributed by atoms with Gasteiger partial charge in [-0.2, -0.15) is 0 Å². The summed E-state index contributed by atoms with van der Waals surface area (Å²) in [6.07, 6.45) is 0.269. The van der Waals surface area contributed by atoms with Crippen LogP contribution in [0.2, 0.25) is 0 Å². The zero-order valence-corrected chi connectivity index (χ0v) is 22.3. The number of methoxy groups -OCH3 is 3. The third-order valence-corrected chi connectivity index (χ3v) is 6.77. The van der Waals surface area contributed by atoms with Crippen LogP contribution in [0.25, 0.3) is 0 Å². The monoisotopic (exact) mass is 530 g/mol. The van der Waals surface area contributed by atoms with Crippen molar-refractivity contribution in [2.45, 2.75) is 25.8 Å². The molecular formula is C30H30N2O7. The van der Waals surface area contributed by atoms with Crippen molar-refractivity contribution >= 4 is 29.4 Å². The highest BCUT2D eigenvalue weighted by atomic mass is 16.5. The third-order valence-electron chi connectivity index (χ3n) is 6.77. The van der Waals surface area contributed by atoms with E-state index >= 15 is 0 Å². The number of hydrogen-bond acceptors (Lipinski definition) is 7. The van der Waals surface area contributed by atoms with Crippen LogP contribution in [0.5, 0.6) is 11.5 Å². The van der Waals surface area contributed by atoms with Gasteiger partial charge in [0.2, 0.25) is 5.91 Å². The Balaban J connectivity index is 1.64. The number of rotatable bonds is 9. The standard InChI is InChI=1S/C30H30N2O7/c1-19-7-5-6-8-23(19)28(34)31(16-15-20-9-14-25(37-2)26(17-20)38-3)24-18-27(33)32(29(24)35)22-12-10-21(11-13-22)30(36)39-4/h5-14,17,24H,15-16,18H2,1-4H3. The number of benzene rings is 3. The first kappa shape index (κ1) is 27.4. The minimum atomic E-state index is -0.981. The lowest BCUT2D eigenvalue weighted by Gasteiger charge is -2.28. The molecule has 1 aliphatic heterocycles. The predicted molar refractivity (Wildman–Crippen MR) is 144 cm³/mol. The number of carbonyl (C=O) groups is 4. The van der Waals surface area contributed by atoms with Crippen molar-refractivity contribution in [3.63, 3.8) is 0 Å². The van der Waals surface area contributed by atoms with Gasteiger partial charge in [0.15, 0.2) is 11.5 Å². The molecular weight excluding hydrogens is 500 g/mol. The molecule has 202 valence electrons. The number of hydrogen-bond donors (Lipinski definition) is 0. The number of nitrogens with zero attached hydrogens (tertiary/aromatic N) is 2. The van der Waals surface area contributed by atoms with Gasteiger partial charge in [-0.05, 0) is 66.9 Å². The van der Waals surface area contributed by atoms with Crippen LogP contribution in [0.15, 0.2) is 66.7 Å². The highest BCUT2D eigenvalue weighted by Crippen LogP contribution is 2.30. The molecule has 1 atom stereocenters. The van der Waals surface area contributed by atoms with Gasteiger partial charge in [0.1, 0.15) is 6.04 Å². The summed E-state index contributed by atoms with van der Waals surface area (Å²) in [4.78, 5) is 54.8. The molecule has 1 fully saturated rings. The normalized spacial score (nSPS) is 14.8. The molecule has 39 heavy (non-hydrogen) atoms. The van der Waals surface area contributed by atoms with E-state index < -0.39 is 23.8 Å². The van der Waals surface area contributed by atoms with E-state index in [1.165, 1.54) is 36.3 Å². The van der Waals surface area contributed by atoms with Gasteiger partial charge < -0.3 is 19.1 Å². The Morgan fingerprint density at radius 1 is 0.923 bits per heavy atom. The molecule has 1 unspecified atom stereocenters. The van der Waals surface area contributed by atoms with E-state index in [0.29, 0.717) is 34.7 Å². The molecule has 3 aromatic rings. The molecule has 0 N–H and O–H groups in total. The van der Waals surface area contributed by atoms with Gasteiger partial charge in [-0.3, -0.25) is 14.4 Å². The molecule has 3 amide bonds. The van der Waals surface area contributed by atoms with E-state index in [9.17, 15) is 19.2 Å². The second-order valence-electron chi connectivity index (χ2n) is 9.08. The Bertz CT molecular complexity index is 1400. The fourth-order valence-corrected chi connectivity index (χ4v) is 4.65. The second-order valence-corrected chi connectivity index (χ2v) is 9.08. The number of carbonyl (C=O) groups excluding carboxylic acids is 4. The highest BCUT2D eigenvalue weighted by Gasteiger charge is 2.44. The lowest BCUT2D eigenvalue weighted by molar-refractivity contribution is -0.122. The molecule has 0 spiro atoms. The largest absolute Gasteiger partial charge is 0.493 e. The quantitative estimate of drug-likeness (QED) is 0.306. The van der Waals surface area contributed by atoms with Gasteiger partial charge in [-0.1, -0.05) is 24.3 Å². The Labute approximate surface area is 226 Å². The van der Waals surface area contributed by atoms with E-state index in [2.05, 4.69) is 0 Å². The van der Waals surface area contributed by atoms with Gasteiger partial charge in [-0.15, -0.1) is 0 Å². The summed E-state index contributed by atoms with van der Waals surface area (Å²) < 4.78 is 15.4. The number of ether oxygens (including phenoxy) is 3. The van der Waals surface area contributed by atoms with Crippen LogP contribution >= 0.6 is 0 Å². The number of aryl methyl sites for hydroxylation is 1. The van der Waals surface area contributed by atoms with Gasteiger partial charge >= 0.3 is 5.97 Å². The SMILES string of the molecule is COC(=O)c1ccc(N2C(=O)CC(N(CCc3ccc(OC)c(OC)c3)C(=O)c3ccccc3C)C2=O)cc1. The van der Waals surface area contributed by atoms with Crippen molar-refractivity contribution in [1.82, 2.24) is 4.90 Å². The third kappa shape index (κ3) is 5.62.